The molecule has 1 aromatic heterocycles. The molecule has 1 aromatic carbocycles. The predicted molar refractivity (Wildman–Crippen MR) is 148 cm³/mol. The second kappa shape index (κ2) is 11.5. The molecule has 4 rings (SSSR count). The van der Waals surface area contributed by atoms with Crippen LogP contribution in [0.1, 0.15) is 55.3 Å². The van der Waals surface area contributed by atoms with Gasteiger partial charge in [-0.1, -0.05) is 83.9 Å². The quantitative estimate of drug-likeness (QED) is 0.226. The second-order valence-corrected chi connectivity index (χ2v) is 9.67. The number of hydrogen-bond acceptors (Lipinski definition) is 2. The molecule has 0 spiro atoms. The number of carbonyl (C=O) groups is 1. The van der Waals surface area contributed by atoms with E-state index in [2.05, 4.69) is 60.7 Å². The Morgan fingerprint density at radius 3 is 2.74 bits per heavy atom. The summed E-state index contributed by atoms with van der Waals surface area (Å²) in [6.07, 6.45) is 23.6. The number of aromatic nitrogens is 2. The van der Waals surface area contributed by atoms with Gasteiger partial charge in [-0.3, -0.25) is 0 Å². The molecule has 0 amide bonds. The molecule has 0 saturated carbocycles. The fraction of sp³-hybridized carbons (Fsp3) is 0.200. The largest absolute Gasteiger partial charge is 0.324 e. The average Bonchev–Trinajstić information content (AvgIpc) is 3.27. The van der Waals surface area contributed by atoms with Gasteiger partial charge >= 0.3 is 0 Å². The number of rotatable bonds is 6. The van der Waals surface area contributed by atoms with Gasteiger partial charge in [0, 0.05) is 22.2 Å². The molecular weight excluding hydrogens is 475 g/mol. The lowest BCUT2D eigenvalue weighted by atomic mass is 9.80. The molecule has 0 radical (unpaired) electrons. The van der Waals surface area contributed by atoms with Gasteiger partial charge in [0.05, 0.1) is 12.2 Å². The number of hydrogen-bond donors (Lipinski definition) is 0. The van der Waals surface area contributed by atoms with Crippen LogP contribution in [0.5, 0.6) is 0 Å². The third kappa shape index (κ3) is 6.11. The minimum atomic E-state index is 0.228. The van der Waals surface area contributed by atoms with Crippen LogP contribution in [0.15, 0.2) is 94.7 Å². The molecule has 0 fully saturated rings. The standard InChI is InChI=1S/C30H28Cl2N2O/c1-21(13-14-25(32)17-22(2)31)29-20-34(15-16-35)30(33-29)19-28-24-10-6-4-3-5-9-23(18-24)26-11-7-8-12-27(26)28/h5-14,16-20,23H,3-4,15H2,1-2H3/b9-5-,10-6-,21-13+,22-17+,25-14+,28-19+. The summed E-state index contributed by atoms with van der Waals surface area (Å²) < 4.78 is 1.88. The van der Waals surface area contributed by atoms with Crippen molar-refractivity contribution < 1.29 is 4.79 Å². The molecule has 1 unspecified atom stereocenters. The molecule has 0 aliphatic heterocycles. The van der Waals surface area contributed by atoms with E-state index in [-0.39, 0.29) is 12.5 Å². The van der Waals surface area contributed by atoms with E-state index in [1.807, 2.05) is 23.8 Å². The van der Waals surface area contributed by atoms with Crippen LogP contribution in [0, 0.1) is 0 Å². The first-order valence-electron chi connectivity index (χ1n) is 11.7. The topological polar surface area (TPSA) is 34.9 Å². The summed E-state index contributed by atoms with van der Waals surface area (Å²) in [4.78, 5) is 16.3. The summed E-state index contributed by atoms with van der Waals surface area (Å²) in [5.41, 5.74) is 6.48. The van der Waals surface area contributed by atoms with E-state index >= 15 is 0 Å². The number of nitrogens with zero attached hydrogens (tertiary/aromatic N) is 2. The molecule has 178 valence electrons. The van der Waals surface area contributed by atoms with Crippen LogP contribution < -0.4 is 0 Å². The van der Waals surface area contributed by atoms with Crippen molar-refractivity contribution in [3.05, 3.63) is 117 Å². The number of halogens is 2. The Labute approximate surface area is 217 Å². The molecule has 1 heterocycles. The highest BCUT2D eigenvalue weighted by atomic mass is 35.5. The summed E-state index contributed by atoms with van der Waals surface area (Å²) >= 11 is 12.1. The van der Waals surface area contributed by atoms with Gasteiger partial charge < -0.3 is 9.36 Å². The third-order valence-electron chi connectivity index (χ3n) is 6.01. The first-order valence-corrected chi connectivity index (χ1v) is 12.5. The van der Waals surface area contributed by atoms with Gasteiger partial charge in [0.2, 0.25) is 0 Å². The van der Waals surface area contributed by atoms with E-state index in [0.717, 1.165) is 41.8 Å². The van der Waals surface area contributed by atoms with Gasteiger partial charge in [-0.2, -0.15) is 0 Å². The van der Waals surface area contributed by atoms with E-state index in [1.54, 1.807) is 19.1 Å². The SMILES string of the molecule is C\C(Cl)=C/C(Cl)=C\C=C(/C)c1cn(CC=O)c(/C=C2\C3=CC(/C=C\CC/C=C\3)c3ccccc32)n1. The number of benzene rings is 1. The van der Waals surface area contributed by atoms with Crippen molar-refractivity contribution in [1.29, 1.82) is 0 Å². The molecule has 3 nitrogen and oxygen atoms in total. The molecule has 5 heteroatoms. The van der Waals surface area contributed by atoms with Crippen LogP contribution in [0.3, 0.4) is 0 Å². The lowest BCUT2D eigenvalue weighted by Gasteiger charge is -2.24. The highest BCUT2D eigenvalue weighted by molar-refractivity contribution is 6.34. The van der Waals surface area contributed by atoms with Crippen molar-refractivity contribution in [2.45, 2.75) is 39.2 Å². The van der Waals surface area contributed by atoms with Crippen LogP contribution >= 0.6 is 23.2 Å². The maximum absolute atomic E-state index is 11.4. The lowest BCUT2D eigenvalue weighted by molar-refractivity contribution is -0.108. The summed E-state index contributed by atoms with van der Waals surface area (Å²) in [5, 5.41) is 1.15. The average molecular weight is 503 g/mol. The summed E-state index contributed by atoms with van der Waals surface area (Å²) in [6.45, 7) is 3.98. The Morgan fingerprint density at radius 1 is 1.14 bits per heavy atom. The zero-order valence-electron chi connectivity index (χ0n) is 19.9. The molecule has 2 aliphatic carbocycles. The Kier molecular flexibility index (Phi) is 8.22. The minimum Gasteiger partial charge on any atom is -0.324 e. The zero-order valence-corrected chi connectivity index (χ0v) is 21.4. The number of allylic oxidation sites excluding steroid dienone is 13. The Hall–Kier alpha value is -3.14. The maximum Gasteiger partial charge on any atom is 0.139 e. The van der Waals surface area contributed by atoms with Gasteiger partial charge in [0.1, 0.15) is 12.1 Å². The predicted octanol–water partition coefficient (Wildman–Crippen LogP) is 8.22. The van der Waals surface area contributed by atoms with Gasteiger partial charge in [0.15, 0.2) is 0 Å². The number of aldehydes is 1. The lowest BCUT2D eigenvalue weighted by Crippen LogP contribution is -2.07. The van der Waals surface area contributed by atoms with Gasteiger partial charge in [-0.25, -0.2) is 4.98 Å². The first kappa shape index (κ1) is 25.0. The summed E-state index contributed by atoms with van der Waals surface area (Å²) in [7, 11) is 0. The number of fused-ring (bicyclic) bond motifs is 3. The van der Waals surface area contributed by atoms with E-state index < -0.39 is 0 Å². The van der Waals surface area contributed by atoms with Gasteiger partial charge in [-0.05, 0) is 72.8 Å². The van der Waals surface area contributed by atoms with Crippen molar-refractivity contribution in [2.75, 3.05) is 0 Å². The molecule has 35 heavy (non-hydrogen) atoms. The Balaban J connectivity index is 1.80. The summed E-state index contributed by atoms with van der Waals surface area (Å²) in [6, 6.07) is 8.52. The van der Waals surface area contributed by atoms with Crippen LogP contribution in [0.4, 0.5) is 0 Å². The van der Waals surface area contributed by atoms with Crippen molar-refractivity contribution in [2.24, 2.45) is 0 Å². The van der Waals surface area contributed by atoms with Crippen LogP contribution in [0.25, 0.3) is 17.2 Å². The third-order valence-corrected chi connectivity index (χ3v) is 6.35. The van der Waals surface area contributed by atoms with Crippen molar-refractivity contribution >= 4 is 46.7 Å². The monoisotopic (exact) mass is 502 g/mol. The van der Waals surface area contributed by atoms with Crippen molar-refractivity contribution in [3.63, 3.8) is 0 Å². The zero-order chi connectivity index (χ0) is 24.8. The van der Waals surface area contributed by atoms with E-state index in [1.165, 1.54) is 16.7 Å². The van der Waals surface area contributed by atoms with E-state index in [4.69, 9.17) is 28.2 Å². The van der Waals surface area contributed by atoms with Crippen molar-refractivity contribution in [3.8, 4) is 0 Å². The highest BCUT2D eigenvalue weighted by Gasteiger charge is 2.22. The molecular formula is C30H28Cl2N2O. The first-order chi connectivity index (χ1) is 17.0. The summed E-state index contributed by atoms with van der Waals surface area (Å²) in [5.74, 6) is 0.984. The van der Waals surface area contributed by atoms with Crippen LogP contribution in [-0.4, -0.2) is 15.8 Å². The highest BCUT2D eigenvalue weighted by Crippen LogP contribution is 2.40. The number of imidazole rings is 1. The second-order valence-electron chi connectivity index (χ2n) is 8.64. The molecule has 2 bridgehead atoms. The molecule has 2 aromatic rings. The van der Waals surface area contributed by atoms with Crippen LogP contribution in [-0.2, 0) is 11.3 Å². The van der Waals surface area contributed by atoms with E-state index in [0.29, 0.717) is 10.1 Å². The minimum absolute atomic E-state index is 0.228. The van der Waals surface area contributed by atoms with Crippen molar-refractivity contribution in [1.82, 2.24) is 9.55 Å². The van der Waals surface area contributed by atoms with Crippen LogP contribution in [0.2, 0.25) is 0 Å². The fourth-order valence-electron chi connectivity index (χ4n) is 4.29. The molecule has 2 aliphatic rings. The maximum atomic E-state index is 11.4. The molecule has 1 atom stereocenters. The normalized spacial score (nSPS) is 21.5. The molecule has 0 saturated heterocycles. The van der Waals surface area contributed by atoms with Gasteiger partial charge in [0.25, 0.3) is 0 Å². The fourth-order valence-corrected chi connectivity index (χ4v) is 4.69. The smallest absolute Gasteiger partial charge is 0.139 e. The van der Waals surface area contributed by atoms with E-state index in [9.17, 15) is 4.79 Å². The Morgan fingerprint density at radius 2 is 1.94 bits per heavy atom. The number of carbonyl (C=O) groups excluding carboxylic acids is 1. The van der Waals surface area contributed by atoms with Gasteiger partial charge in [-0.15, -0.1) is 0 Å². The molecule has 0 N–H and O–H groups in total. The Bertz CT molecular complexity index is 1330.